The van der Waals surface area contributed by atoms with E-state index in [2.05, 4.69) is 5.32 Å². The lowest BCUT2D eigenvalue weighted by atomic mass is 9.53. The lowest BCUT2D eigenvalue weighted by molar-refractivity contribution is -0.485. The first-order valence-electron chi connectivity index (χ1n) is 10.4. The third-order valence-electron chi connectivity index (χ3n) is 7.42. The second-order valence-corrected chi connectivity index (χ2v) is 8.98. The smallest absolute Gasteiger partial charge is 0.207 e. The van der Waals surface area contributed by atoms with Crippen LogP contribution in [-0.4, -0.2) is 43.8 Å². The highest BCUT2D eigenvalue weighted by atomic mass is 17.2. The molecule has 0 aromatic carbocycles. The first kappa shape index (κ1) is 18.2. The average molecular weight is 354 g/mol. The van der Waals surface area contributed by atoms with Gasteiger partial charge >= 0.3 is 0 Å². The van der Waals surface area contributed by atoms with Crippen molar-refractivity contribution in [1.82, 2.24) is 5.32 Å². The summed E-state index contributed by atoms with van der Waals surface area (Å²) in [6, 6.07) is 0. The zero-order chi connectivity index (χ0) is 17.3. The highest BCUT2D eigenvalue weighted by molar-refractivity contribution is 5.03. The van der Waals surface area contributed by atoms with Gasteiger partial charge in [-0.05, 0) is 82.1 Å². The number of hydrogen-bond donors (Lipinski definition) is 2. The van der Waals surface area contributed by atoms with Crippen LogP contribution < -0.4 is 5.32 Å². The summed E-state index contributed by atoms with van der Waals surface area (Å²) < 4.78 is 6.01. The van der Waals surface area contributed by atoms with Crippen molar-refractivity contribution in [3.63, 3.8) is 0 Å². The van der Waals surface area contributed by atoms with E-state index in [0.717, 1.165) is 31.2 Å². The highest BCUT2D eigenvalue weighted by Gasteiger charge is 2.60. The molecule has 144 valence electrons. The first-order chi connectivity index (χ1) is 12.2. The third kappa shape index (κ3) is 3.63. The molecular weight excluding hydrogens is 318 g/mol. The molecule has 0 atom stereocenters. The average Bonchev–Trinajstić information content (AvgIpc) is 2.63. The molecule has 5 nitrogen and oxygen atoms in total. The second-order valence-electron chi connectivity index (χ2n) is 8.98. The molecule has 0 unspecified atom stereocenters. The van der Waals surface area contributed by atoms with E-state index in [1.807, 2.05) is 7.11 Å². The van der Waals surface area contributed by atoms with Crippen molar-refractivity contribution in [2.45, 2.75) is 69.7 Å². The van der Waals surface area contributed by atoms with Gasteiger partial charge in [-0.1, -0.05) is 0 Å². The molecule has 4 bridgehead atoms. The molecule has 5 saturated carbocycles. The number of hydrogen-bond acceptors (Lipinski definition) is 5. The van der Waals surface area contributed by atoms with E-state index in [4.69, 9.17) is 19.6 Å². The monoisotopic (exact) mass is 353 g/mol. The molecule has 0 aliphatic heterocycles. The molecule has 0 heterocycles. The molecule has 0 radical (unpaired) electrons. The fourth-order valence-electron chi connectivity index (χ4n) is 6.31. The number of aliphatic hydroxyl groups excluding tert-OH is 1. The van der Waals surface area contributed by atoms with Crippen LogP contribution in [-0.2, 0) is 14.5 Å². The van der Waals surface area contributed by atoms with E-state index < -0.39 is 5.79 Å². The van der Waals surface area contributed by atoms with Gasteiger partial charge in [0, 0.05) is 25.5 Å². The Bertz CT molecular complexity index is 407. The number of methoxy groups -OCH3 is 1. The number of rotatable bonds is 8. The molecule has 0 amide bonds. The Labute approximate surface area is 151 Å². The molecule has 2 N–H and O–H groups in total. The zero-order valence-electron chi connectivity index (χ0n) is 15.6. The van der Waals surface area contributed by atoms with Crippen molar-refractivity contribution in [3.05, 3.63) is 0 Å². The quantitative estimate of drug-likeness (QED) is 0.304. The maximum atomic E-state index is 8.86. The van der Waals surface area contributed by atoms with Gasteiger partial charge in [-0.2, -0.15) is 0 Å². The van der Waals surface area contributed by atoms with Crippen LogP contribution in [0.3, 0.4) is 0 Å². The highest BCUT2D eigenvalue weighted by Crippen LogP contribution is 2.60. The molecule has 5 aliphatic rings. The minimum atomic E-state index is -0.479. The van der Waals surface area contributed by atoms with Crippen LogP contribution in [0.4, 0.5) is 0 Å². The van der Waals surface area contributed by atoms with Crippen LogP contribution in [0.15, 0.2) is 0 Å². The maximum Gasteiger partial charge on any atom is 0.207 e. The van der Waals surface area contributed by atoms with Gasteiger partial charge in [0.25, 0.3) is 0 Å². The first-order valence-corrected chi connectivity index (χ1v) is 10.4. The van der Waals surface area contributed by atoms with E-state index in [1.54, 1.807) is 0 Å². The van der Waals surface area contributed by atoms with Gasteiger partial charge < -0.3 is 15.2 Å². The van der Waals surface area contributed by atoms with Crippen LogP contribution >= 0.6 is 0 Å². The van der Waals surface area contributed by atoms with Gasteiger partial charge in [0.1, 0.15) is 0 Å². The van der Waals surface area contributed by atoms with Crippen molar-refractivity contribution in [3.8, 4) is 0 Å². The Morgan fingerprint density at radius 3 is 2.16 bits per heavy atom. The predicted octanol–water partition coefficient (Wildman–Crippen LogP) is 2.87. The van der Waals surface area contributed by atoms with Crippen molar-refractivity contribution >= 4 is 0 Å². The second kappa shape index (κ2) is 7.81. The van der Waals surface area contributed by atoms with Gasteiger partial charge in [-0.15, -0.1) is 0 Å². The predicted molar refractivity (Wildman–Crippen MR) is 94.7 cm³/mol. The summed E-state index contributed by atoms with van der Waals surface area (Å²) in [5.41, 5.74) is 0. The molecule has 0 spiro atoms. The minimum Gasteiger partial charge on any atom is -0.395 e. The minimum absolute atomic E-state index is 0.207. The largest absolute Gasteiger partial charge is 0.395 e. The maximum absolute atomic E-state index is 8.86. The molecule has 5 fully saturated rings. The SMILES string of the molecule is COC1(OO[C@H]2CC[C@@H](CNCCO)CC2)C2CC3CC(C2)CC1C3. The van der Waals surface area contributed by atoms with Crippen LogP contribution in [0.2, 0.25) is 0 Å². The van der Waals surface area contributed by atoms with E-state index in [-0.39, 0.29) is 12.7 Å². The van der Waals surface area contributed by atoms with Gasteiger partial charge in [-0.25, -0.2) is 9.78 Å². The molecule has 25 heavy (non-hydrogen) atoms. The Morgan fingerprint density at radius 1 is 0.960 bits per heavy atom. The van der Waals surface area contributed by atoms with Crippen molar-refractivity contribution < 1.29 is 19.6 Å². The summed E-state index contributed by atoms with van der Waals surface area (Å²) in [4.78, 5) is 12.1. The van der Waals surface area contributed by atoms with Gasteiger partial charge in [0.05, 0.1) is 12.7 Å². The van der Waals surface area contributed by atoms with E-state index >= 15 is 0 Å². The standard InChI is InChI=1S/C20H35NO4/c1-23-20(17-9-15-8-16(11-17)12-18(20)10-15)25-24-19-4-2-14(3-5-19)13-21-6-7-22/h14-19,21-22H,2-13H2,1H3/t14-,15?,16?,17?,18?,19+,20?. The fourth-order valence-corrected chi connectivity index (χ4v) is 6.31. The van der Waals surface area contributed by atoms with E-state index in [0.29, 0.717) is 24.3 Å². The Morgan fingerprint density at radius 2 is 1.60 bits per heavy atom. The summed E-state index contributed by atoms with van der Waals surface area (Å²) in [6.45, 7) is 1.92. The van der Waals surface area contributed by atoms with Crippen molar-refractivity contribution in [2.75, 3.05) is 26.8 Å². The molecule has 5 rings (SSSR count). The van der Waals surface area contributed by atoms with Gasteiger partial charge in [-0.3, -0.25) is 0 Å². The fraction of sp³-hybridized carbons (Fsp3) is 1.00. The summed E-state index contributed by atoms with van der Waals surface area (Å²) >= 11 is 0. The van der Waals surface area contributed by atoms with Crippen LogP contribution in [0.1, 0.15) is 57.8 Å². The number of ether oxygens (including phenoxy) is 1. The lowest BCUT2D eigenvalue weighted by Gasteiger charge is -2.58. The summed E-state index contributed by atoms with van der Waals surface area (Å²) in [7, 11) is 1.81. The van der Waals surface area contributed by atoms with Crippen LogP contribution in [0.25, 0.3) is 0 Å². The molecule has 5 aliphatic carbocycles. The normalized spacial score (nSPS) is 45.8. The number of nitrogens with one attached hydrogen (secondary N) is 1. The molecule has 0 aromatic rings. The van der Waals surface area contributed by atoms with Crippen LogP contribution in [0, 0.1) is 29.6 Å². The molecular formula is C20H35NO4. The van der Waals surface area contributed by atoms with Gasteiger partial charge in [0.2, 0.25) is 5.79 Å². The van der Waals surface area contributed by atoms with Crippen molar-refractivity contribution in [1.29, 1.82) is 0 Å². The summed E-state index contributed by atoms with van der Waals surface area (Å²) in [5, 5.41) is 12.2. The Balaban J connectivity index is 1.27. The molecule has 0 saturated heterocycles. The molecule has 5 heteroatoms. The Kier molecular flexibility index (Phi) is 5.68. The zero-order valence-corrected chi connectivity index (χ0v) is 15.6. The third-order valence-corrected chi connectivity index (χ3v) is 7.42. The summed E-state index contributed by atoms with van der Waals surface area (Å²) in [5.74, 6) is 3.06. The lowest BCUT2D eigenvalue weighted by Crippen LogP contribution is -2.60. The Hall–Kier alpha value is -0.200. The van der Waals surface area contributed by atoms with E-state index in [9.17, 15) is 0 Å². The van der Waals surface area contributed by atoms with Crippen LogP contribution in [0.5, 0.6) is 0 Å². The number of aliphatic hydroxyl groups is 1. The van der Waals surface area contributed by atoms with E-state index in [1.165, 1.54) is 44.9 Å². The van der Waals surface area contributed by atoms with Gasteiger partial charge in [0.15, 0.2) is 0 Å². The molecule has 0 aromatic heterocycles. The van der Waals surface area contributed by atoms with Crippen molar-refractivity contribution in [2.24, 2.45) is 29.6 Å². The summed E-state index contributed by atoms with van der Waals surface area (Å²) in [6.07, 6.45) is 11.1. The topological polar surface area (TPSA) is 60.0 Å².